The molecule has 0 aliphatic heterocycles. The van der Waals surface area contributed by atoms with Crippen molar-refractivity contribution in [2.24, 2.45) is 0 Å². The number of nitrogens with zero attached hydrogens (tertiary/aromatic N) is 2. The Morgan fingerprint density at radius 2 is 1.93 bits per heavy atom. The van der Waals surface area contributed by atoms with E-state index >= 15 is 0 Å². The van der Waals surface area contributed by atoms with Gasteiger partial charge in [0.1, 0.15) is 17.7 Å². The van der Waals surface area contributed by atoms with E-state index in [1.165, 1.54) is 11.3 Å². The highest BCUT2D eigenvalue weighted by atomic mass is 32.1. The molecule has 0 saturated heterocycles. The van der Waals surface area contributed by atoms with Gasteiger partial charge in [-0.05, 0) is 40.8 Å². The number of hydrogen-bond donors (Lipinski definition) is 0. The summed E-state index contributed by atoms with van der Waals surface area (Å²) >= 11 is 3.10. The monoisotopic (exact) mass is 430 g/mol. The highest BCUT2D eigenvalue weighted by Crippen LogP contribution is 2.32. The van der Waals surface area contributed by atoms with Crippen molar-refractivity contribution in [3.63, 3.8) is 0 Å². The Balaban J connectivity index is 1.55. The van der Waals surface area contributed by atoms with E-state index in [4.69, 9.17) is 9.47 Å². The Kier molecular flexibility index (Phi) is 6.23. The molecule has 2 aromatic heterocycles. The van der Waals surface area contributed by atoms with Crippen LogP contribution < -0.4 is 9.47 Å². The van der Waals surface area contributed by atoms with Crippen LogP contribution in [0.25, 0.3) is 22.2 Å². The molecule has 0 amide bonds. The van der Waals surface area contributed by atoms with Crippen LogP contribution in [0.15, 0.2) is 71.4 Å². The molecule has 4 aromatic rings. The van der Waals surface area contributed by atoms with E-state index in [0.717, 1.165) is 21.7 Å². The molecular formula is C24H18N2O2S2. The summed E-state index contributed by atoms with van der Waals surface area (Å²) < 4.78 is 11.4. The van der Waals surface area contributed by atoms with E-state index in [1.807, 2.05) is 77.5 Å². The summed E-state index contributed by atoms with van der Waals surface area (Å²) in [5.74, 6) is 1.28. The van der Waals surface area contributed by atoms with Crippen LogP contribution in [0.3, 0.4) is 0 Å². The van der Waals surface area contributed by atoms with Crippen LogP contribution in [0, 0.1) is 11.3 Å². The minimum absolute atomic E-state index is 0.459. The number of thiophene rings is 1. The van der Waals surface area contributed by atoms with Gasteiger partial charge >= 0.3 is 0 Å². The predicted molar refractivity (Wildman–Crippen MR) is 123 cm³/mol. The number of methoxy groups -OCH3 is 1. The molecule has 2 heterocycles. The third-order valence-electron chi connectivity index (χ3n) is 4.36. The Morgan fingerprint density at radius 1 is 1.07 bits per heavy atom. The summed E-state index contributed by atoms with van der Waals surface area (Å²) in [6.45, 7) is 0.459. The average Bonchev–Trinajstić information content (AvgIpc) is 3.49. The lowest BCUT2D eigenvalue weighted by molar-refractivity contribution is 0.284. The SMILES string of the molecule is COc1cc(/C=C(\C#N)c2nc(-c3cccs3)cs2)ccc1OCc1ccccc1. The van der Waals surface area contributed by atoms with Crippen LogP contribution in [0.4, 0.5) is 0 Å². The number of nitriles is 1. The molecule has 148 valence electrons. The Morgan fingerprint density at radius 3 is 2.67 bits per heavy atom. The maximum Gasteiger partial charge on any atom is 0.161 e. The smallest absolute Gasteiger partial charge is 0.161 e. The van der Waals surface area contributed by atoms with Gasteiger partial charge in [0.15, 0.2) is 11.5 Å². The molecule has 6 heteroatoms. The molecule has 0 aliphatic rings. The Labute approximate surface area is 183 Å². The average molecular weight is 431 g/mol. The largest absolute Gasteiger partial charge is 0.493 e. The fraction of sp³-hybridized carbons (Fsp3) is 0.0833. The van der Waals surface area contributed by atoms with Crippen LogP contribution in [-0.2, 0) is 6.61 Å². The topological polar surface area (TPSA) is 55.1 Å². The van der Waals surface area contributed by atoms with E-state index < -0.39 is 0 Å². The lowest BCUT2D eigenvalue weighted by Crippen LogP contribution is -1.97. The van der Waals surface area contributed by atoms with E-state index in [2.05, 4.69) is 11.1 Å². The van der Waals surface area contributed by atoms with Crippen molar-refractivity contribution in [2.75, 3.05) is 7.11 Å². The van der Waals surface area contributed by atoms with E-state index in [9.17, 15) is 5.26 Å². The van der Waals surface area contributed by atoms with Gasteiger partial charge in [0.2, 0.25) is 0 Å². The number of thiazole rings is 1. The van der Waals surface area contributed by atoms with Crippen LogP contribution in [0.1, 0.15) is 16.1 Å². The first kappa shape index (κ1) is 19.9. The van der Waals surface area contributed by atoms with Crippen LogP contribution >= 0.6 is 22.7 Å². The molecule has 0 aliphatic carbocycles. The maximum atomic E-state index is 9.67. The first-order valence-corrected chi connectivity index (χ1v) is 11.0. The summed E-state index contributed by atoms with van der Waals surface area (Å²) in [6, 6.07) is 21.9. The van der Waals surface area contributed by atoms with Crippen molar-refractivity contribution in [2.45, 2.75) is 6.61 Å². The minimum Gasteiger partial charge on any atom is -0.493 e. The lowest BCUT2D eigenvalue weighted by Gasteiger charge is -2.11. The summed E-state index contributed by atoms with van der Waals surface area (Å²) in [5, 5.41) is 14.4. The highest BCUT2D eigenvalue weighted by Gasteiger charge is 2.11. The second-order valence-electron chi connectivity index (χ2n) is 6.37. The van der Waals surface area contributed by atoms with Gasteiger partial charge in [-0.25, -0.2) is 4.98 Å². The van der Waals surface area contributed by atoms with E-state index in [0.29, 0.717) is 28.7 Å². The zero-order valence-corrected chi connectivity index (χ0v) is 17.9. The molecule has 30 heavy (non-hydrogen) atoms. The molecule has 4 nitrogen and oxygen atoms in total. The number of hydrogen-bond acceptors (Lipinski definition) is 6. The van der Waals surface area contributed by atoms with Gasteiger partial charge < -0.3 is 9.47 Å². The summed E-state index contributed by atoms with van der Waals surface area (Å²) in [7, 11) is 1.61. The van der Waals surface area contributed by atoms with Crippen molar-refractivity contribution < 1.29 is 9.47 Å². The molecule has 2 aromatic carbocycles. The molecule has 0 atom stereocenters. The lowest BCUT2D eigenvalue weighted by atomic mass is 10.1. The zero-order chi connectivity index (χ0) is 20.8. The van der Waals surface area contributed by atoms with Crippen molar-refractivity contribution in [1.29, 1.82) is 5.26 Å². The second kappa shape index (κ2) is 9.40. The molecule has 0 unspecified atom stereocenters. The molecule has 0 N–H and O–H groups in total. The van der Waals surface area contributed by atoms with E-state index in [-0.39, 0.29) is 0 Å². The zero-order valence-electron chi connectivity index (χ0n) is 16.2. The van der Waals surface area contributed by atoms with Gasteiger partial charge in [0, 0.05) is 5.38 Å². The summed E-state index contributed by atoms with van der Waals surface area (Å²) in [5.41, 5.74) is 3.35. The Bertz CT molecular complexity index is 1190. The number of rotatable bonds is 7. The number of ether oxygens (including phenoxy) is 2. The summed E-state index contributed by atoms with van der Waals surface area (Å²) in [4.78, 5) is 5.72. The first-order chi connectivity index (χ1) is 14.8. The van der Waals surface area contributed by atoms with Crippen LogP contribution in [-0.4, -0.2) is 12.1 Å². The van der Waals surface area contributed by atoms with Crippen molar-refractivity contribution >= 4 is 34.3 Å². The van der Waals surface area contributed by atoms with Crippen molar-refractivity contribution in [3.8, 4) is 28.1 Å². The molecule has 4 rings (SSSR count). The molecular weight excluding hydrogens is 412 g/mol. The fourth-order valence-corrected chi connectivity index (χ4v) is 4.42. The quantitative estimate of drug-likeness (QED) is 0.313. The van der Waals surface area contributed by atoms with Gasteiger partial charge in [0.05, 0.1) is 23.3 Å². The van der Waals surface area contributed by atoms with E-state index in [1.54, 1.807) is 18.4 Å². The third kappa shape index (κ3) is 4.60. The third-order valence-corrected chi connectivity index (χ3v) is 6.13. The van der Waals surface area contributed by atoms with Crippen LogP contribution in [0.2, 0.25) is 0 Å². The molecule has 0 saturated carbocycles. The molecule has 0 spiro atoms. The number of allylic oxidation sites excluding steroid dienone is 1. The van der Waals surface area contributed by atoms with Crippen molar-refractivity contribution in [1.82, 2.24) is 4.98 Å². The van der Waals surface area contributed by atoms with Gasteiger partial charge in [-0.1, -0.05) is 42.5 Å². The van der Waals surface area contributed by atoms with Crippen LogP contribution in [0.5, 0.6) is 11.5 Å². The van der Waals surface area contributed by atoms with Gasteiger partial charge in [-0.3, -0.25) is 0 Å². The first-order valence-electron chi connectivity index (χ1n) is 9.23. The Hall–Kier alpha value is -3.40. The fourth-order valence-electron chi connectivity index (χ4n) is 2.87. The second-order valence-corrected chi connectivity index (χ2v) is 8.18. The number of aromatic nitrogens is 1. The highest BCUT2D eigenvalue weighted by molar-refractivity contribution is 7.14. The summed E-state index contributed by atoms with van der Waals surface area (Å²) in [6.07, 6.45) is 1.82. The molecule has 0 fully saturated rings. The maximum absolute atomic E-state index is 9.67. The molecule has 0 radical (unpaired) electrons. The predicted octanol–water partition coefficient (Wildman–Crippen LogP) is 6.52. The van der Waals surface area contributed by atoms with Gasteiger partial charge in [-0.15, -0.1) is 22.7 Å². The normalized spacial score (nSPS) is 11.1. The van der Waals surface area contributed by atoms with Crippen molar-refractivity contribution in [3.05, 3.63) is 87.6 Å². The minimum atomic E-state index is 0.459. The van der Waals surface area contributed by atoms with Gasteiger partial charge in [0.25, 0.3) is 0 Å². The molecule has 0 bridgehead atoms. The number of benzene rings is 2. The standard InChI is InChI=1S/C24H18N2O2S2/c1-27-22-13-18(9-10-21(22)28-15-17-6-3-2-4-7-17)12-19(14-25)24-26-20(16-30-24)23-8-5-11-29-23/h2-13,16H,15H2,1H3/b19-12+. The van der Waals surface area contributed by atoms with Gasteiger partial charge in [-0.2, -0.15) is 5.26 Å².